The molecule has 2 aromatic rings. The van der Waals surface area contributed by atoms with Crippen LogP contribution in [0.15, 0.2) is 46.9 Å². The van der Waals surface area contributed by atoms with Gasteiger partial charge in [-0.3, -0.25) is 9.59 Å². The highest BCUT2D eigenvalue weighted by atomic mass is 79.9. The minimum atomic E-state index is -0.340. The third-order valence-electron chi connectivity index (χ3n) is 3.48. The molecule has 2 aromatic carbocycles. The molecule has 0 aromatic heterocycles. The highest BCUT2D eigenvalue weighted by Crippen LogP contribution is 2.27. The normalized spacial score (nSPS) is 10.3. The number of hydrogen-bond acceptors (Lipinski definition) is 3. The number of benzene rings is 2. The zero-order chi connectivity index (χ0) is 18.9. The minimum Gasteiger partial charge on any atom is -0.482 e. The van der Waals surface area contributed by atoms with Crippen molar-refractivity contribution < 1.29 is 14.3 Å². The maximum atomic E-state index is 12.1. The molecular formula is C19H20BrClN2O3. The van der Waals surface area contributed by atoms with Crippen molar-refractivity contribution in [2.75, 3.05) is 18.5 Å². The molecule has 0 radical (unpaired) electrons. The molecule has 0 saturated carbocycles. The number of unbranched alkanes of at least 4 members (excludes halogenated alkanes) is 1. The lowest BCUT2D eigenvalue weighted by Crippen LogP contribution is -2.25. The summed E-state index contributed by atoms with van der Waals surface area (Å²) in [6.07, 6.45) is 1.94. The first-order valence-corrected chi connectivity index (χ1v) is 9.42. The third kappa shape index (κ3) is 6.35. The quantitative estimate of drug-likeness (QED) is 0.588. The van der Waals surface area contributed by atoms with Crippen LogP contribution in [0.25, 0.3) is 0 Å². The van der Waals surface area contributed by atoms with Gasteiger partial charge in [0.25, 0.3) is 11.8 Å². The summed E-state index contributed by atoms with van der Waals surface area (Å²) in [6, 6.07) is 11.9. The van der Waals surface area contributed by atoms with E-state index in [1.165, 1.54) is 0 Å². The van der Waals surface area contributed by atoms with Gasteiger partial charge in [0.05, 0.1) is 5.02 Å². The summed E-state index contributed by atoms with van der Waals surface area (Å²) >= 11 is 9.36. The van der Waals surface area contributed by atoms with E-state index < -0.39 is 0 Å². The summed E-state index contributed by atoms with van der Waals surface area (Å²) in [5.74, 6) is -0.0750. The molecule has 2 rings (SSSR count). The van der Waals surface area contributed by atoms with Crippen molar-refractivity contribution in [2.45, 2.75) is 19.8 Å². The molecule has 7 heteroatoms. The molecule has 0 heterocycles. The predicted octanol–water partition coefficient (Wildman–Crippen LogP) is 4.65. The number of anilines is 1. The summed E-state index contributed by atoms with van der Waals surface area (Å²) in [5, 5.41) is 5.97. The third-order valence-corrected chi connectivity index (χ3v) is 4.27. The molecule has 5 nitrogen and oxygen atoms in total. The van der Waals surface area contributed by atoms with Gasteiger partial charge in [-0.05, 0) is 42.8 Å². The zero-order valence-corrected chi connectivity index (χ0v) is 16.7. The van der Waals surface area contributed by atoms with Gasteiger partial charge in [0.2, 0.25) is 0 Å². The molecule has 0 saturated heterocycles. The van der Waals surface area contributed by atoms with Crippen LogP contribution in [0.2, 0.25) is 5.02 Å². The summed E-state index contributed by atoms with van der Waals surface area (Å²) in [5.41, 5.74) is 1.03. The van der Waals surface area contributed by atoms with E-state index in [0.717, 1.165) is 17.3 Å². The topological polar surface area (TPSA) is 67.4 Å². The maximum Gasteiger partial charge on any atom is 0.262 e. The van der Waals surface area contributed by atoms with E-state index in [1.807, 2.05) is 0 Å². The van der Waals surface area contributed by atoms with Crippen LogP contribution >= 0.6 is 27.5 Å². The first kappa shape index (κ1) is 20.3. The van der Waals surface area contributed by atoms with Gasteiger partial charge in [0, 0.05) is 22.3 Å². The standard InChI is InChI=1S/C19H20BrClN2O3/c1-2-3-9-22-19(25)13-5-4-6-15(10-13)23-18(24)12-26-17-8-7-14(20)11-16(17)21/h4-8,10-11H,2-3,9,12H2,1H3,(H,22,25)(H,23,24). The summed E-state index contributed by atoms with van der Waals surface area (Å²) in [6.45, 7) is 2.51. The molecule has 0 atom stereocenters. The van der Waals surface area contributed by atoms with E-state index in [-0.39, 0.29) is 18.4 Å². The molecule has 0 aliphatic heterocycles. The Morgan fingerprint density at radius 3 is 2.73 bits per heavy atom. The van der Waals surface area contributed by atoms with Crippen molar-refractivity contribution in [1.29, 1.82) is 0 Å². The molecule has 2 N–H and O–H groups in total. The second-order valence-electron chi connectivity index (χ2n) is 5.60. The van der Waals surface area contributed by atoms with Crippen molar-refractivity contribution in [3.63, 3.8) is 0 Å². The van der Waals surface area contributed by atoms with Crippen LogP contribution in [0.1, 0.15) is 30.1 Å². The highest BCUT2D eigenvalue weighted by molar-refractivity contribution is 9.10. The van der Waals surface area contributed by atoms with Gasteiger partial charge in [0.15, 0.2) is 6.61 Å². The van der Waals surface area contributed by atoms with Gasteiger partial charge in [-0.15, -0.1) is 0 Å². The number of carbonyl (C=O) groups excluding carboxylic acids is 2. The Hall–Kier alpha value is -2.05. The van der Waals surface area contributed by atoms with Crippen LogP contribution in [0.5, 0.6) is 5.75 Å². The Morgan fingerprint density at radius 1 is 1.19 bits per heavy atom. The van der Waals surface area contributed by atoms with E-state index in [4.69, 9.17) is 16.3 Å². The van der Waals surface area contributed by atoms with Crippen molar-refractivity contribution in [3.8, 4) is 5.75 Å². The van der Waals surface area contributed by atoms with Gasteiger partial charge in [-0.25, -0.2) is 0 Å². The maximum absolute atomic E-state index is 12.1. The Balaban J connectivity index is 1.90. The van der Waals surface area contributed by atoms with Crippen molar-refractivity contribution in [2.24, 2.45) is 0 Å². The first-order valence-electron chi connectivity index (χ1n) is 8.25. The van der Waals surface area contributed by atoms with Crippen LogP contribution in [0, 0.1) is 0 Å². The van der Waals surface area contributed by atoms with Gasteiger partial charge in [-0.1, -0.05) is 46.9 Å². The number of carbonyl (C=O) groups is 2. The Morgan fingerprint density at radius 2 is 2.00 bits per heavy atom. The summed E-state index contributed by atoms with van der Waals surface area (Å²) in [4.78, 5) is 24.1. The fourth-order valence-electron chi connectivity index (χ4n) is 2.15. The molecule has 138 valence electrons. The molecule has 0 unspecified atom stereocenters. The Bertz CT molecular complexity index is 783. The molecule has 0 aliphatic rings. The molecule has 0 spiro atoms. The van der Waals surface area contributed by atoms with Crippen LogP contribution in [0.4, 0.5) is 5.69 Å². The second-order valence-corrected chi connectivity index (χ2v) is 6.92. The van der Waals surface area contributed by atoms with E-state index in [0.29, 0.717) is 28.6 Å². The molecule has 0 aliphatic carbocycles. The number of hydrogen-bond donors (Lipinski definition) is 2. The number of amides is 2. The van der Waals surface area contributed by atoms with Crippen molar-refractivity contribution in [3.05, 3.63) is 57.5 Å². The number of halogens is 2. The summed E-state index contributed by atoms with van der Waals surface area (Å²) < 4.78 is 6.25. The second kappa shape index (κ2) is 10.2. The van der Waals surface area contributed by atoms with Crippen LogP contribution in [-0.2, 0) is 4.79 Å². The predicted molar refractivity (Wildman–Crippen MR) is 107 cm³/mol. The lowest BCUT2D eigenvalue weighted by Gasteiger charge is -2.10. The van der Waals surface area contributed by atoms with Gasteiger partial charge < -0.3 is 15.4 Å². The number of rotatable bonds is 8. The first-order chi connectivity index (χ1) is 12.5. The number of nitrogens with one attached hydrogen (secondary N) is 2. The summed E-state index contributed by atoms with van der Waals surface area (Å²) in [7, 11) is 0. The average molecular weight is 440 g/mol. The van der Waals surface area contributed by atoms with Gasteiger partial charge >= 0.3 is 0 Å². The molecule has 2 amide bonds. The SMILES string of the molecule is CCCCNC(=O)c1cccc(NC(=O)COc2ccc(Br)cc2Cl)c1. The highest BCUT2D eigenvalue weighted by Gasteiger charge is 2.09. The largest absolute Gasteiger partial charge is 0.482 e. The van der Waals surface area contributed by atoms with E-state index in [2.05, 4.69) is 33.5 Å². The van der Waals surface area contributed by atoms with Crippen LogP contribution in [-0.4, -0.2) is 25.0 Å². The molecule has 0 fully saturated rings. The lowest BCUT2D eigenvalue weighted by molar-refractivity contribution is -0.118. The van der Waals surface area contributed by atoms with E-state index in [1.54, 1.807) is 42.5 Å². The average Bonchev–Trinajstić information content (AvgIpc) is 2.61. The monoisotopic (exact) mass is 438 g/mol. The van der Waals surface area contributed by atoms with Crippen molar-refractivity contribution >= 4 is 45.0 Å². The zero-order valence-electron chi connectivity index (χ0n) is 14.4. The van der Waals surface area contributed by atoms with Gasteiger partial charge in [0.1, 0.15) is 5.75 Å². The molecular weight excluding hydrogens is 420 g/mol. The fraction of sp³-hybridized carbons (Fsp3) is 0.263. The lowest BCUT2D eigenvalue weighted by atomic mass is 10.2. The molecule has 26 heavy (non-hydrogen) atoms. The number of ether oxygens (including phenoxy) is 1. The van der Waals surface area contributed by atoms with Crippen molar-refractivity contribution in [1.82, 2.24) is 5.32 Å². The van der Waals surface area contributed by atoms with E-state index >= 15 is 0 Å². The Labute approximate surface area is 166 Å². The smallest absolute Gasteiger partial charge is 0.262 e. The van der Waals surface area contributed by atoms with Crippen LogP contribution < -0.4 is 15.4 Å². The van der Waals surface area contributed by atoms with Crippen LogP contribution in [0.3, 0.4) is 0 Å². The van der Waals surface area contributed by atoms with E-state index in [9.17, 15) is 9.59 Å². The van der Waals surface area contributed by atoms with Gasteiger partial charge in [-0.2, -0.15) is 0 Å². The molecule has 0 bridgehead atoms. The fourth-order valence-corrected chi connectivity index (χ4v) is 2.88. The Kier molecular flexibility index (Phi) is 7.94. The minimum absolute atomic E-state index is 0.160.